The number of benzene rings is 3. The fraction of sp³-hybridized carbons (Fsp3) is 0.0476. The molecular weight excluding hydrogens is 387 g/mol. The molecule has 1 N–H and O–H groups in total. The van der Waals surface area contributed by atoms with Gasteiger partial charge in [0.25, 0.3) is 0 Å². The molecule has 0 fully saturated rings. The molecule has 3 aromatic rings. The van der Waals surface area contributed by atoms with E-state index in [1.807, 2.05) is 25.1 Å². The van der Waals surface area contributed by atoms with Crippen LogP contribution in [0.2, 0.25) is 0 Å². The van der Waals surface area contributed by atoms with Crippen molar-refractivity contribution in [1.29, 1.82) is 0 Å². The molecular formula is C21H17NaO5S. The van der Waals surface area contributed by atoms with Crippen molar-refractivity contribution in [3.63, 3.8) is 0 Å². The molecule has 28 heavy (non-hydrogen) atoms. The summed E-state index contributed by atoms with van der Waals surface area (Å²) in [6.07, 6.45) is 0. The zero-order chi connectivity index (χ0) is 20.5. The number of carbonyl (C=O) groups excluding carboxylic acids is 2. The Bertz CT molecular complexity index is 972. The van der Waals surface area contributed by atoms with E-state index in [1.165, 1.54) is 0 Å². The van der Waals surface area contributed by atoms with E-state index in [1.54, 1.807) is 60.7 Å². The van der Waals surface area contributed by atoms with Crippen molar-refractivity contribution in [2.45, 2.75) is 11.8 Å². The first-order valence-corrected chi connectivity index (χ1v) is 10.5. The summed E-state index contributed by atoms with van der Waals surface area (Å²) in [6, 6.07) is 22.9. The van der Waals surface area contributed by atoms with Gasteiger partial charge in [0, 0.05) is 0 Å². The normalized spacial score (nSPS) is 11.1. The molecule has 0 saturated carbocycles. The number of hydrogen-bond acceptors (Lipinski definition) is 5. The van der Waals surface area contributed by atoms with E-state index in [0.29, 0.717) is 49.5 Å². The van der Waals surface area contributed by atoms with E-state index in [2.05, 4.69) is 4.33 Å². The van der Waals surface area contributed by atoms with Gasteiger partial charge in [-0.2, -0.15) is 0 Å². The number of carbonyl (C=O) groups is 2. The zero-order valence-corrected chi connectivity index (χ0v) is 18.3. The van der Waals surface area contributed by atoms with Crippen LogP contribution in [0.5, 0.6) is 0 Å². The summed E-state index contributed by atoms with van der Waals surface area (Å²) in [5.41, 5.74) is 2.72. The second-order valence-electron chi connectivity index (χ2n) is 5.92. The Balaban J connectivity index is 0.000000221. The van der Waals surface area contributed by atoms with Crippen LogP contribution in [0.4, 0.5) is 0 Å². The van der Waals surface area contributed by atoms with Gasteiger partial charge in [-0.25, -0.2) is 9.47 Å². The Morgan fingerprint density at radius 1 is 0.857 bits per heavy atom. The summed E-state index contributed by atoms with van der Waals surface area (Å²) in [4.78, 5) is 24.2. The third-order valence-electron chi connectivity index (χ3n) is 3.87. The van der Waals surface area contributed by atoms with Crippen LogP contribution in [0.3, 0.4) is 0 Å². The molecule has 0 saturated heterocycles. The van der Waals surface area contributed by atoms with Crippen molar-refractivity contribution >= 4 is 47.8 Å². The van der Waals surface area contributed by atoms with Gasteiger partial charge in [-0.1, -0.05) is 17.7 Å². The van der Waals surface area contributed by atoms with Gasteiger partial charge in [0.1, 0.15) is 0 Å². The number of hydrogen-bond donors (Lipinski definition) is 1. The van der Waals surface area contributed by atoms with Crippen molar-refractivity contribution < 1.29 is 23.4 Å². The van der Waals surface area contributed by atoms with Crippen molar-refractivity contribution in [2.24, 2.45) is 0 Å². The first-order chi connectivity index (χ1) is 13.4. The number of ketones is 1. The van der Waals surface area contributed by atoms with Crippen molar-refractivity contribution in [3.05, 3.63) is 101 Å². The Morgan fingerprint density at radius 2 is 1.39 bits per heavy atom. The van der Waals surface area contributed by atoms with E-state index in [-0.39, 0.29) is 8.82 Å². The summed E-state index contributed by atoms with van der Waals surface area (Å²) < 4.78 is 14.5. The maximum absolute atomic E-state index is 12.2. The average molecular weight is 404 g/mol. The molecule has 0 aromatic heterocycles. The molecule has 0 amide bonds. The van der Waals surface area contributed by atoms with Crippen molar-refractivity contribution in [2.75, 3.05) is 0 Å². The minimum atomic E-state index is -1.74. The van der Waals surface area contributed by atoms with Gasteiger partial charge in [-0.05, 0) is 19.1 Å². The minimum absolute atomic E-state index is 0.0462. The Hall–Kier alpha value is -1.93. The average Bonchev–Trinajstić information content (AvgIpc) is 2.74. The molecule has 0 radical (unpaired) electrons. The molecule has 0 bridgehead atoms. The van der Waals surface area contributed by atoms with Gasteiger partial charge in [-0.3, -0.25) is 0 Å². The van der Waals surface area contributed by atoms with Crippen LogP contribution in [0.15, 0.2) is 83.8 Å². The van der Waals surface area contributed by atoms with E-state index < -0.39 is 11.1 Å². The van der Waals surface area contributed by atoms with Gasteiger partial charge in [-0.15, -0.1) is 4.33 Å². The molecule has 0 aliphatic heterocycles. The maximum atomic E-state index is 12.2. The summed E-state index contributed by atoms with van der Waals surface area (Å²) >= 11 is -1.32. The number of aryl methyl sites for hydroxylation is 1. The first kappa shape index (κ1) is 22.4. The van der Waals surface area contributed by atoms with Crippen LogP contribution in [0, 0.1) is 6.92 Å². The monoisotopic (exact) mass is 404 g/mol. The predicted molar refractivity (Wildman–Crippen MR) is 108 cm³/mol. The van der Waals surface area contributed by atoms with Gasteiger partial charge >= 0.3 is 118 Å². The van der Waals surface area contributed by atoms with E-state index in [4.69, 9.17) is 5.26 Å². The van der Waals surface area contributed by atoms with Crippen LogP contribution in [0.1, 0.15) is 31.8 Å². The van der Waals surface area contributed by atoms with E-state index in [9.17, 15) is 13.8 Å². The second kappa shape index (κ2) is 11.2. The van der Waals surface area contributed by atoms with Gasteiger partial charge in [0.05, 0.1) is 4.90 Å². The van der Waals surface area contributed by atoms with Crippen LogP contribution in [-0.2, 0) is 15.4 Å². The van der Waals surface area contributed by atoms with Crippen molar-refractivity contribution in [3.8, 4) is 0 Å². The SMILES string of the molecule is Cc1ccc(S(=O)OO)cc1.O=[C]([Na])c1ccccc1C(=O)c1ccccc1. The summed E-state index contributed by atoms with van der Waals surface area (Å²) in [7, 11) is 0. The van der Waals surface area contributed by atoms with Gasteiger partial charge in [0.2, 0.25) is 11.1 Å². The third kappa shape index (κ3) is 6.31. The van der Waals surface area contributed by atoms with E-state index >= 15 is 0 Å². The predicted octanol–water partition coefficient (Wildman–Crippen LogP) is 3.73. The molecule has 138 valence electrons. The molecule has 0 aliphatic rings. The van der Waals surface area contributed by atoms with Crippen LogP contribution < -0.4 is 0 Å². The van der Waals surface area contributed by atoms with Gasteiger partial charge < -0.3 is 0 Å². The molecule has 3 aromatic carbocycles. The van der Waals surface area contributed by atoms with Crippen LogP contribution >= 0.6 is 0 Å². The molecule has 0 heterocycles. The molecule has 1 atom stereocenters. The molecule has 7 heteroatoms. The van der Waals surface area contributed by atoms with Crippen molar-refractivity contribution in [1.82, 2.24) is 0 Å². The molecule has 5 nitrogen and oxygen atoms in total. The van der Waals surface area contributed by atoms with Gasteiger partial charge in [0.15, 0.2) is 0 Å². The summed E-state index contributed by atoms with van der Waals surface area (Å²) in [5.74, 6) is -0.0922. The summed E-state index contributed by atoms with van der Waals surface area (Å²) in [5, 5.41) is 8.06. The molecule has 3 rings (SSSR count). The fourth-order valence-electron chi connectivity index (χ4n) is 2.43. The van der Waals surface area contributed by atoms with Crippen LogP contribution in [0.25, 0.3) is 0 Å². The Morgan fingerprint density at radius 3 is 1.93 bits per heavy atom. The molecule has 0 aliphatic carbocycles. The molecule has 1 unspecified atom stereocenters. The standard InChI is InChI=1S/C14H9O2.C7H8O3S.Na/c15-10-12-8-4-5-9-13(12)14(16)11-6-2-1-3-7-11;1-6-2-4-7(5-3-6)11(9)10-8;/h1-9H;2-5,8H,1H3;. The zero-order valence-electron chi connectivity index (χ0n) is 15.5. The Kier molecular flexibility index (Phi) is 8.92. The summed E-state index contributed by atoms with van der Waals surface area (Å²) in [6.45, 7) is 1.92. The fourth-order valence-corrected chi connectivity index (χ4v) is 3.31. The van der Waals surface area contributed by atoms with E-state index in [0.717, 1.165) is 5.56 Å². The quantitative estimate of drug-likeness (QED) is 0.303. The number of rotatable bonds is 5. The Labute approximate surface area is 183 Å². The molecule has 0 spiro atoms. The first-order valence-electron chi connectivity index (χ1n) is 8.44. The third-order valence-corrected chi connectivity index (χ3v) is 5.20. The topological polar surface area (TPSA) is 80.7 Å². The second-order valence-corrected chi connectivity index (χ2v) is 7.92. The van der Waals surface area contributed by atoms with Crippen LogP contribution in [-0.4, -0.2) is 46.2 Å².